The van der Waals surface area contributed by atoms with Crippen LogP contribution in [0.5, 0.6) is 5.88 Å². The summed E-state index contributed by atoms with van der Waals surface area (Å²) >= 11 is 1.42. The molecule has 0 atom stereocenters. The van der Waals surface area contributed by atoms with Crippen LogP contribution in [-0.4, -0.2) is 48.8 Å². The van der Waals surface area contributed by atoms with Crippen molar-refractivity contribution in [2.24, 2.45) is 0 Å². The minimum atomic E-state index is -0.167. The molecule has 0 fully saturated rings. The molecule has 0 aromatic carbocycles. The van der Waals surface area contributed by atoms with Gasteiger partial charge in [0.1, 0.15) is 12.4 Å². The van der Waals surface area contributed by atoms with E-state index in [1.165, 1.54) is 18.7 Å². The fourth-order valence-corrected chi connectivity index (χ4v) is 3.27. The van der Waals surface area contributed by atoms with E-state index in [4.69, 9.17) is 14.9 Å². The molecule has 2 rings (SSSR count). The lowest BCUT2D eigenvalue weighted by atomic mass is 10.2. The Morgan fingerprint density at radius 1 is 1.27 bits per heavy atom. The van der Waals surface area contributed by atoms with E-state index in [0.29, 0.717) is 62.8 Å². The Balaban J connectivity index is 1.87. The number of nitrogens with one attached hydrogen (secondary N) is 2. The number of ketones is 1. The van der Waals surface area contributed by atoms with Crippen LogP contribution in [-0.2, 0) is 14.3 Å². The Kier molecular flexibility index (Phi) is 10.1. The Bertz CT molecular complexity index is 873. The van der Waals surface area contributed by atoms with Gasteiger partial charge in [0.05, 0.1) is 18.1 Å². The minimum Gasteiger partial charge on any atom is -0.475 e. The number of ether oxygens (including phenoxy) is 2. The zero-order valence-corrected chi connectivity index (χ0v) is 18.1. The highest BCUT2D eigenvalue weighted by atomic mass is 32.2. The van der Waals surface area contributed by atoms with E-state index in [-0.39, 0.29) is 11.7 Å². The molecule has 1 aliphatic heterocycles. The summed E-state index contributed by atoms with van der Waals surface area (Å²) in [5.41, 5.74) is 5.35. The third-order valence-electron chi connectivity index (χ3n) is 4.02. The van der Waals surface area contributed by atoms with Gasteiger partial charge in [-0.1, -0.05) is 11.8 Å². The predicted octanol–water partition coefficient (Wildman–Crippen LogP) is 3.52. The van der Waals surface area contributed by atoms with Crippen LogP contribution in [0, 0.1) is 5.41 Å². The molecule has 160 valence electrons. The van der Waals surface area contributed by atoms with E-state index in [0.717, 1.165) is 10.5 Å². The van der Waals surface area contributed by atoms with Gasteiger partial charge in [-0.25, -0.2) is 4.98 Å². The van der Waals surface area contributed by atoms with E-state index in [1.807, 2.05) is 23.6 Å². The number of Topliss-reactive ketones (excluding diaryl/α,β-unsaturated/α-hetero) is 1. The van der Waals surface area contributed by atoms with Crippen molar-refractivity contribution < 1.29 is 19.1 Å². The van der Waals surface area contributed by atoms with Gasteiger partial charge in [-0.2, -0.15) is 0 Å². The van der Waals surface area contributed by atoms with Crippen LogP contribution in [0.4, 0.5) is 0 Å². The molecular weight excluding hydrogens is 402 g/mol. The molecule has 0 radical (unpaired) electrons. The van der Waals surface area contributed by atoms with Gasteiger partial charge in [0, 0.05) is 54.9 Å². The summed E-state index contributed by atoms with van der Waals surface area (Å²) in [4.78, 5) is 28.3. The third kappa shape index (κ3) is 8.78. The van der Waals surface area contributed by atoms with Crippen molar-refractivity contribution in [3.63, 3.8) is 0 Å². The van der Waals surface area contributed by atoms with Crippen LogP contribution >= 0.6 is 11.8 Å². The molecule has 2 N–H and O–H groups in total. The molecule has 0 spiro atoms. The molecule has 0 saturated carbocycles. The molecule has 30 heavy (non-hydrogen) atoms. The number of allylic oxidation sites excluding steroid dienone is 1. The number of carbonyl (C=O) groups is 2. The Morgan fingerprint density at radius 3 is 2.87 bits per heavy atom. The quantitative estimate of drug-likeness (QED) is 0.299. The van der Waals surface area contributed by atoms with Gasteiger partial charge < -0.3 is 20.2 Å². The van der Waals surface area contributed by atoms with Gasteiger partial charge in [0.15, 0.2) is 0 Å². The molecule has 1 aliphatic rings. The number of thioether (sulfide) groups is 1. The summed E-state index contributed by atoms with van der Waals surface area (Å²) < 4.78 is 11.1. The van der Waals surface area contributed by atoms with Crippen LogP contribution in [0.3, 0.4) is 0 Å². The number of carbonyl (C=O) groups excluding carboxylic acids is 2. The molecule has 0 saturated heterocycles. The monoisotopic (exact) mass is 429 g/mol. The largest absolute Gasteiger partial charge is 0.475 e. The van der Waals surface area contributed by atoms with E-state index >= 15 is 0 Å². The second-order valence-corrected chi connectivity index (χ2v) is 7.60. The van der Waals surface area contributed by atoms with Crippen molar-refractivity contribution >= 4 is 34.1 Å². The summed E-state index contributed by atoms with van der Waals surface area (Å²) in [6.45, 7) is 4.92. The van der Waals surface area contributed by atoms with Crippen LogP contribution in [0.1, 0.15) is 38.7 Å². The molecule has 0 bridgehead atoms. The van der Waals surface area contributed by atoms with E-state index in [2.05, 4.69) is 16.0 Å². The van der Waals surface area contributed by atoms with Crippen molar-refractivity contribution in [2.45, 2.75) is 33.1 Å². The second-order valence-electron chi connectivity index (χ2n) is 6.72. The molecule has 7 nitrogen and oxygen atoms in total. The van der Waals surface area contributed by atoms with Gasteiger partial charge in [-0.15, -0.1) is 5.73 Å². The minimum absolute atomic E-state index is 0.0482. The normalized spacial score (nSPS) is 13.1. The van der Waals surface area contributed by atoms with Gasteiger partial charge >= 0.3 is 0 Å². The zero-order valence-electron chi connectivity index (χ0n) is 17.3. The Labute approximate surface area is 181 Å². The number of rotatable bonds is 12. The van der Waals surface area contributed by atoms with Crippen molar-refractivity contribution in [3.8, 4) is 5.88 Å². The fraction of sp³-hybridized carbons (Fsp3) is 0.409. The lowest BCUT2D eigenvalue weighted by Crippen LogP contribution is -2.26. The van der Waals surface area contributed by atoms with Gasteiger partial charge in [-0.3, -0.25) is 9.59 Å². The number of amides is 1. The third-order valence-corrected chi connectivity index (χ3v) is 5.02. The Morgan fingerprint density at radius 2 is 2.10 bits per heavy atom. The first-order chi connectivity index (χ1) is 14.5. The van der Waals surface area contributed by atoms with Crippen molar-refractivity contribution in [1.82, 2.24) is 10.3 Å². The Hall–Kier alpha value is -2.67. The number of aromatic nitrogens is 1. The number of hydrogen-bond donors (Lipinski definition) is 2. The van der Waals surface area contributed by atoms with Gasteiger partial charge in [0.2, 0.25) is 11.8 Å². The van der Waals surface area contributed by atoms with Crippen LogP contribution < -0.4 is 10.1 Å². The molecule has 0 unspecified atom stereocenters. The first kappa shape index (κ1) is 23.6. The average Bonchev–Trinajstić information content (AvgIpc) is 2.96. The molecule has 1 aromatic heterocycles. The van der Waals surface area contributed by atoms with Crippen molar-refractivity contribution in [2.75, 3.05) is 26.4 Å². The van der Waals surface area contributed by atoms with Crippen LogP contribution in [0.2, 0.25) is 0 Å². The number of nitrogens with zero attached hydrogens (tertiary/aromatic N) is 1. The van der Waals surface area contributed by atoms with E-state index in [1.54, 1.807) is 13.1 Å². The van der Waals surface area contributed by atoms with Crippen LogP contribution in [0.15, 0.2) is 41.1 Å². The molecule has 8 heteroatoms. The van der Waals surface area contributed by atoms with E-state index < -0.39 is 0 Å². The average molecular weight is 430 g/mol. The highest BCUT2D eigenvalue weighted by molar-refractivity contribution is 8.10. The SMILES string of the molecule is CC(=N)CCOCCOc1cc(C2=C=CCC(C(=O)NCCC(C)=O)=CS2)ccn1. The summed E-state index contributed by atoms with van der Waals surface area (Å²) in [5.74, 6) is 0.372. The summed E-state index contributed by atoms with van der Waals surface area (Å²) in [6, 6.07) is 3.70. The maximum atomic E-state index is 12.2. The maximum absolute atomic E-state index is 12.2. The lowest BCUT2D eigenvalue weighted by molar-refractivity contribution is -0.118. The fourth-order valence-electron chi connectivity index (χ4n) is 2.39. The first-order valence-corrected chi connectivity index (χ1v) is 10.6. The van der Waals surface area contributed by atoms with Gasteiger partial charge in [0.25, 0.3) is 0 Å². The predicted molar refractivity (Wildman–Crippen MR) is 119 cm³/mol. The molecule has 0 aliphatic carbocycles. The number of pyridine rings is 1. The van der Waals surface area contributed by atoms with Crippen molar-refractivity contribution in [3.05, 3.63) is 46.7 Å². The summed E-state index contributed by atoms with van der Waals surface area (Å²) in [7, 11) is 0. The highest BCUT2D eigenvalue weighted by Crippen LogP contribution is 2.32. The molecular formula is C22H27N3O4S. The first-order valence-electron chi connectivity index (χ1n) is 9.75. The standard InChI is InChI=1S/C22H27N3O4S/c1-16(23)8-11-28-12-13-29-21-14-18(7-10-24-21)20-5-3-4-19(15-30-20)22(27)25-9-6-17(2)26/h3,7,10,14-15,23H,4,6,8-9,11-13H2,1-2H3,(H,25,27). The number of hydrogen-bond acceptors (Lipinski definition) is 7. The molecule has 1 aromatic rings. The smallest absolute Gasteiger partial charge is 0.248 e. The molecule has 2 heterocycles. The topological polar surface area (TPSA) is 101 Å². The van der Waals surface area contributed by atoms with E-state index in [9.17, 15) is 9.59 Å². The highest BCUT2D eigenvalue weighted by Gasteiger charge is 2.12. The molecule has 1 amide bonds. The van der Waals surface area contributed by atoms with Crippen LogP contribution in [0.25, 0.3) is 4.91 Å². The maximum Gasteiger partial charge on any atom is 0.248 e. The summed E-state index contributed by atoms with van der Waals surface area (Å²) in [6.07, 6.45) is 4.92. The zero-order chi connectivity index (χ0) is 21.8. The van der Waals surface area contributed by atoms with Crippen molar-refractivity contribution in [1.29, 1.82) is 5.41 Å². The summed E-state index contributed by atoms with van der Waals surface area (Å²) in [5, 5.41) is 11.9. The lowest BCUT2D eigenvalue weighted by Gasteiger charge is -2.08. The second kappa shape index (κ2) is 12.8. The van der Waals surface area contributed by atoms with Gasteiger partial charge in [-0.05, 0) is 31.4 Å².